The molecular formula is C14H29B3O6. The van der Waals surface area contributed by atoms with Crippen molar-refractivity contribution >= 4 is 21.5 Å². The topological polar surface area (TPSA) is 55.4 Å². The summed E-state index contributed by atoms with van der Waals surface area (Å²) in [7, 11) is -0.174. The van der Waals surface area contributed by atoms with Crippen LogP contribution in [-0.4, -0.2) is 50.5 Å². The summed E-state index contributed by atoms with van der Waals surface area (Å²) < 4.78 is 23.8. The Morgan fingerprint density at radius 2 is 1.00 bits per heavy atom. The first-order chi connectivity index (χ1) is 10.4. The van der Waals surface area contributed by atoms with E-state index in [4.69, 9.17) is 18.6 Å². The van der Waals surface area contributed by atoms with Crippen LogP contribution in [0.5, 0.6) is 0 Å². The van der Waals surface area contributed by atoms with Crippen LogP contribution in [0.4, 0.5) is 0 Å². The highest BCUT2D eigenvalue weighted by Crippen LogP contribution is 2.42. The molecule has 0 aromatic rings. The Kier molecular flexibility index (Phi) is 5.33. The summed E-state index contributed by atoms with van der Waals surface area (Å²) >= 11 is 0. The Morgan fingerprint density at radius 1 is 0.652 bits per heavy atom. The van der Waals surface area contributed by atoms with Gasteiger partial charge in [-0.25, -0.2) is 0 Å². The quantitative estimate of drug-likeness (QED) is 0.542. The first kappa shape index (κ1) is 19.3. The van der Waals surface area contributed by atoms with Gasteiger partial charge in [0.1, 0.15) is 0 Å². The van der Waals surface area contributed by atoms with E-state index in [2.05, 4.69) is 9.69 Å². The van der Waals surface area contributed by atoms with Crippen LogP contribution in [0.3, 0.4) is 0 Å². The van der Waals surface area contributed by atoms with Crippen molar-refractivity contribution in [2.75, 3.05) is 6.61 Å². The Hall–Kier alpha value is -0.0452. The third-order valence-electron chi connectivity index (χ3n) is 5.30. The van der Waals surface area contributed by atoms with Crippen molar-refractivity contribution in [1.29, 1.82) is 0 Å². The van der Waals surface area contributed by atoms with Crippen molar-refractivity contribution in [3.63, 3.8) is 0 Å². The summed E-state index contributed by atoms with van der Waals surface area (Å²) in [5, 5.41) is 0. The van der Waals surface area contributed by atoms with E-state index in [1.165, 1.54) is 0 Å². The van der Waals surface area contributed by atoms with Gasteiger partial charge in [-0.1, -0.05) is 0 Å². The smallest absolute Gasteiger partial charge is 0.405 e. The predicted octanol–water partition coefficient (Wildman–Crippen LogP) is 1.97. The minimum atomic E-state index is -0.476. The molecule has 3 fully saturated rings. The first-order valence-corrected chi connectivity index (χ1v) is 8.34. The van der Waals surface area contributed by atoms with Crippen LogP contribution < -0.4 is 0 Å². The van der Waals surface area contributed by atoms with E-state index in [1.807, 2.05) is 55.4 Å². The fourth-order valence-electron chi connectivity index (χ4n) is 2.29. The molecule has 3 saturated heterocycles. The van der Waals surface area contributed by atoms with E-state index >= 15 is 0 Å². The summed E-state index contributed by atoms with van der Waals surface area (Å²) in [6, 6.07) is 0. The van der Waals surface area contributed by atoms with Gasteiger partial charge in [0.25, 0.3) is 0 Å². The van der Waals surface area contributed by atoms with E-state index in [0.717, 1.165) is 20.4 Å². The van der Waals surface area contributed by atoms with Crippen LogP contribution in [-0.2, 0) is 28.3 Å². The lowest BCUT2D eigenvalue weighted by molar-refractivity contribution is -0.181. The van der Waals surface area contributed by atoms with Crippen LogP contribution >= 0.6 is 0 Å². The molecule has 0 saturated carbocycles. The van der Waals surface area contributed by atoms with Crippen molar-refractivity contribution in [2.24, 2.45) is 0 Å². The van der Waals surface area contributed by atoms with Crippen LogP contribution in [0.2, 0.25) is 6.32 Å². The van der Waals surface area contributed by atoms with Gasteiger partial charge < -0.3 is 23.4 Å². The van der Waals surface area contributed by atoms with E-state index in [0.29, 0.717) is 0 Å². The zero-order chi connectivity index (χ0) is 17.5. The third-order valence-corrected chi connectivity index (χ3v) is 5.30. The van der Waals surface area contributed by atoms with E-state index in [1.54, 1.807) is 0 Å². The molecule has 3 rings (SSSR count). The standard InChI is InChI=1S/C12H24B2O4.C2H5BO2/c1-9(2)10(3,4)16-13(15-9)14-17-11(5,6)12(7,8)18-14;1-2-4-5-3-1/h1-8H3;3H,1-2H2. The maximum absolute atomic E-state index is 5.96. The van der Waals surface area contributed by atoms with Gasteiger partial charge >= 0.3 is 21.5 Å². The summed E-state index contributed by atoms with van der Waals surface area (Å²) in [6.45, 7) is 17.0. The molecule has 0 aromatic heterocycles. The van der Waals surface area contributed by atoms with Crippen molar-refractivity contribution in [3.8, 4) is 0 Å². The number of rotatable bonds is 1. The second-order valence-electron chi connectivity index (χ2n) is 8.25. The lowest BCUT2D eigenvalue weighted by Gasteiger charge is -2.32. The van der Waals surface area contributed by atoms with Crippen molar-refractivity contribution in [2.45, 2.75) is 84.1 Å². The molecule has 3 aliphatic rings. The van der Waals surface area contributed by atoms with Gasteiger partial charge in [0.2, 0.25) is 0 Å². The average molecular weight is 326 g/mol. The molecular weight excluding hydrogens is 297 g/mol. The highest BCUT2D eigenvalue weighted by molar-refractivity contribution is 7.11. The Labute approximate surface area is 141 Å². The van der Waals surface area contributed by atoms with Gasteiger partial charge in [0, 0.05) is 0 Å². The van der Waals surface area contributed by atoms with Gasteiger partial charge in [-0.2, -0.15) is 0 Å². The Balaban J connectivity index is 0.000000326. The molecule has 0 N–H and O–H groups in total. The van der Waals surface area contributed by atoms with Gasteiger partial charge in [0.15, 0.2) is 0 Å². The number of hydrogen-bond acceptors (Lipinski definition) is 6. The first-order valence-electron chi connectivity index (χ1n) is 8.34. The molecule has 0 atom stereocenters. The summed E-state index contributed by atoms with van der Waals surface area (Å²) in [5.41, 5.74) is -1.44. The van der Waals surface area contributed by atoms with E-state index < -0.39 is 14.0 Å². The molecule has 0 spiro atoms. The average Bonchev–Trinajstić information content (AvgIpc) is 3.03. The highest BCUT2D eigenvalue weighted by Gasteiger charge is 2.63. The van der Waals surface area contributed by atoms with Crippen molar-refractivity contribution in [1.82, 2.24) is 0 Å². The van der Waals surface area contributed by atoms with E-state index in [-0.39, 0.29) is 22.4 Å². The van der Waals surface area contributed by atoms with Crippen LogP contribution in [0.25, 0.3) is 0 Å². The van der Waals surface area contributed by atoms with Crippen LogP contribution in [0.15, 0.2) is 0 Å². The monoisotopic (exact) mass is 326 g/mol. The molecule has 0 aromatic carbocycles. The normalized spacial score (nSPS) is 29.9. The largest absolute Gasteiger partial charge is 0.488 e. The summed E-state index contributed by atoms with van der Waals surface area (Å²) in [4.78, 5) is 8.89. The minimum Gasteiger partial charge on any atom is -0.405 e. The molecule has 0 unspecified atom stereocenters. The molecule has 0 radical (unpaired) electrons. The summed E-state index contributed by atoms with van der Waals surface area (Å²) in [6.07, 6.45) is 1.06. The number of hydrogen-bond donors (Lipinski definition) is 0. The zero-order valence-electron chi connectivity index (χ0n) is 15.7. The molecule has 23 heavy (non-hydrogen) atoms. The minimum absolute atomic E-state index is 0.360. The molecule has 3 aliphatic heterocycles. The summed E-state index contributed by atoms with van der Waals surface area (Å²) in [5.74, 6) is 0. The Bertz CT molecular complexity index is 349. The Morgan fingerprint density at radius 3 is 1.17 bits per heavy atom. The lowest BCUT2D eigenvalue weighted by Crippen LogP contribution is -2.41. The second-order valence-corrected chi connectivity index (χ2v) is 8.25. The van der Waals surface area contributed by atoms with E-state index in [9.17, 15) is 0 Å². The molecule has 3 heterocycles. The van der Waals surface area contributed by atoms with Gasteiger partial charge in [-0.3, -0.25) is 4.89 Å². The highest BCUT2D eigenvalue weighted by atomic mass is 17.2. The molecule has 6 nitrogen and oxygen atoms in total. The second kappa shape index (κ2) is 6.35. The van der Waals surface area contributed by atoms with Crippen LogP contribution in [0, 0.1) is 0 Å². The fourth-order valence-corrected chi connectivity index (χ4v) is 2.29. The van der Waals surface area contributed by atoms with Gasteiger partial charge in [-0.05, 0) is 61.7 Å². The lowest BCUT2D eigenvalue weighted by atomic mass is 9.49. The molecule has 0 amide bonds. The van der Waals surface area contributed by atoms with Crippen molar-refractivity contribution < 1.29 is 28.3 Å². The maximum atomic E-state index is 5.96. The predicted molar refractivity (Wildman–Crippen MR) is 91.2 cm³/mol. The zero-order valence-corrected chi connectivity index (χ0v) is 15.7. The molecule has 9 heteroatoms. The van der Waals surface area contributed by atoms with Gasteiger partial charge in [0.05, 0.1) is 29.0 Å². The van der Waals surface area contributed by atoms with Crippen LogP contribution in [0.1, 0.15) is 55.4 Å². The third kappa shape index (κ3) is 3.97. The van der Waals surface area contributed by atoms with Gasteiger partial charge in [-0.15, -0.1) is 0 Å². The molecule has 0 aliphatic carbocycles. The SMILES string of the molecule is B1CCOO1.CC1(C)OB(B2OC(C)(C)C(C)(C)O2)OC1(C)C. The van der Waals surface area contributed by atoms with Crippen molar-refractivity contribution in [3.05, 3.63) is 0 Å². The fraction of sp³-hybridized carbons (Fsp3) is 1.00. The molecule has 0 bridgehead atoms. The molecule has 130 valence electrons. The maximum Gasteiger partial charge on any atom is 0.488 e.